The van der Waals surface area contributed by atoms with Crippen molar-refractivity contribution in [3.05, 3.63) is 12.2 Å². The summed E-state index contributed by atoms with van der Waals surface area (Å²) in [4.78, 5) is 11.2. The summed E-state index contributed by atoms with van der Waals surface area (Å²) in [6, 6.07) is 0. The number of esters is 1. The van der Waals surface area contributed by atoms with Crippen molar-refractivity contribution in [2.45, 2.75) is 51.6 Å². The molecule has 2 nitrogen and oxygen atoms in total. The van der Waals surface area contributed by atoms with Crippen molar-refractivity contribution in [3.63, 3.8) is 0 Å². The molecule has 74 valence electrons. The van der Waals surface area contributed by atoms with Gasteiger partial charge in [0.05, 0.1) is 0 Å². The molecular weight excluding hydrogens is 164 g/mol. The van der Waals surface area contributed by atoms with E-state index in [4.69, 9.17) is 4.74 Å². The van der Waals surface area contributed by atoms with Gasteiger partial charge in [-0.05, 0) is 32.1 Å². The standard InChI is InChI=1S/C11H18O2/c1-2-3-9-11(12)13-10-7-5-4-6-8-10/h3,9-10H,2,4-8H2,1H3/b9-3+. The van der Waals surface area contributed by atoms with Gasteiger partial charge < -0.3 is 4.74 Å². The summed E-state index contributed by atoms with van der Waals surface area (Å²) in [5, 5.41) is 0. The first-order valence-electron chi connectivity index (χ1n) is 5.20. The van der Waals surface area contributed by atoms with E-state index in [1.54, 1.807) is 0 Å². The fourth-order valence-corrected chi connectivity index (χ4v) is 1.60. The molecule has 1 saturated carbocycles. The summed E-state index contributed by atoms with van der Waals surface area (Å²) in [6.07, 6.45) is 10.2. The maximum Gasteiger partial charge on any atom is 0.330 e. The van der Waals surface area contributed by atoms with Gasteiger partial charge in [-0.1, -0.05) is 19.4 Å². The molecule has 0 aromatic rings. The van der Waals surface area contributed by atoms with E-state index in [1.807, 2.05) is 13.0 Å². The van der Waals surface area contributed by atoms with Crippen LogP contribution in [0.15, 0.2) is 12.2 Å². The molecule has 2 heteroatoms. The SMILES string of the molecule is CC/C=C/C(=O)OC1CCCCC1. The second-order valence-corrected chi connectivity index (χ2v) is 3.51. The average Bonchev–Trinajstić information content (AvgIpc) is 2.16. The highest BCUT2D eigenvalue weighted by Gasteiger charge is 2.15. The second kappa shape index (κ2) is 5.79. The number of allylic oxidation sites excluding steroid dienone is 1. The quantitative estimate of drug-likeness (QED) is 0.495. The molecule has 0 atom stereocenters. The molecule has 0 aromatic heterocycles. The molecule has 0 aromatic carbocycles. The summed E-state index contributed by atoms with van der Waals surface area (Å²) < 4.78 is 5.27. The number of ether oxygens (including phenoxy) is 1. The number of carbonyl (C=O) groups is 1. The Labute approximate surface area is 80.0 Å². The van der Waals surface area contributed by atoms with Crippen LogP contribution in [0.3, 0.4) is 0 Å². The van der Waals surface area contributed by atoms with Crippen LogP contribution in [0.5, 0.6) is 0 Å². The van der Waals surface area contributed by atoms with Crippen LogP contribution in [0.4, 0.5) is 0 Å². The predicted molar refractivity (Wildman–Crippen MR) is 52.4 cm³/mol. The molecule has 1 fully saturated rings. The zero-order valence-electron chi connectivity index (χ0n) is 8.29. The van der Waals surface area contributed by atoms with Crippen molar-refractivity contribution in [1.82, 2.24) is 0 Å². The fourth-order valence-electron chi connectivity index (χ4n) is 1.60. The number of hydrogen-bond donors (Lipinski definition) is 0. The van der Waals surface area contributed by atoms with Gasteiger partial charge in [-0.25, -0.2) is 4.79 Å². The van der Waals surface area contributed by atoms with Crippen LogP contribution >= 0.6 is 0 Å². The van der Waals surface area contributed by atoms with Crippen molar-refractivity contribution in [2.24, 2.45) is 0 Å². The molecule has 0 aliphatic heterocycles. The number of carbonyl (C=O) groups excluding carboxylic acids is 1. The highest BCUT2D eigenvalue weighted by atomic mass is 16.5. The summed E-state index contributed by atoms with van der Waals surface area (Å²) in [7, 11) is 0. The highest BCUT2D eigenvalue weighted by Crippen LogP contribution is 2.20. The Morgan fingerprint density at radius 1 is 1.38 bits per heavy atom. The molecule has 0 saturated heterocycles. The largest absolute Gasteiger partial charge is 0.459 e. The predicted octanol–water partition coefficient (Wildman–Crippen LogP) is 2.83. The summed E-state index contributed by atoms with van der Waals surface area (Å²) >= 11 is 0. The van der Waals surface area contributed by atoms with Gasteiger partial charge in [-0.3, -0.25) is 0 Å². The van der Waals surface area contributed by atoms with Crippen LogP contribution in [-0.2, 0) is 9.53 Å². The molecule has 0 spiro atoms. The zero-order chi connectivity index (χ0) is 9.52. The van der Waals surface area contributed by atoms with Crippen LogP contribution in [-0.4, -0.2) is 12.1 Å². The van der Waals surface area contributed by atoms with Crippen LogP contribution in [0, 0.1) is 0 Å². The second-order valence-electron chi connectivity index (χ2n) is 3.51. The van der Waals surface area contributed by atoms with E-state index in [1.165, 1.54) is 25.3 Å². The third-order valence-electron chi connectivity index (χ3n) is 2.32. The molecule has 0 radical (unpaired) electrons. The van der Waals surface area contributed by atoms with Crippen molar-refractivity contribution in [3.8, 4) is 0 Å². The summed E-state index contributed by atoms with van der Waals surface area (Å²) in [5.41, 5.74) is 0. The van der Waals surface area contributed by atoms with Gasteiger partial charge in [0.1, 0.15) is 6.10 Å². The van der Waals surface area contributed by atoms with E-state index in [-0.39, 0.29) is 12.1 Å². The average molecular weight is 182 g/mol. The Hall–Kier alpha value is -0.790. The maximum atomic E-state index is 11.2. The van der Waals surface area contributed by atoms with E-state index < -0.39 is 0 Å². The smallest absolute Gasteiger partial charge is 0.330 e. The Bertz CT molecular complexity index is 179. The van der Waals surface area contributed by atoms with Gasteiger partial charge in [-0.15, -0.1) is 0 Å². The monoisotopic (exact) mass is 182 g/mol. The molecule has 13 heavy (non-hydrogen) atoms. The van der Waals surface area contributed by atoms with Gasteiger partial charge in [0.2, 0.25) is 0 Å². The first kappa shape index (κ1) is 10.3. The lowest BCUT2D eigenvalue weighted by Crippen LogP contribution is -2.19. The molecule has 1 aliphatic rings. The number of hydrogen-bond acceptors (Lipinski definition) is 2. The first-order valence-corrected chi connectivity index (χ1v) is 5.20. The van der Waals surface area contributed by atoms with Crippen molar-refractivity contribution in [1.29, 1.82) is 0 Å². The Balaban J connectivity index is 2.22. The van der Waals surface area contributed by atoms with Gasteiger partial charge >= 0.3 is 5.97 Å². The van der Waals surface area contributed by atoms with E-state index in [2.05, 4.69) is 0 Å². The Morgan fingerprint density at radius 2 is 2.08 bits per heavy atom. The van der Waals surface area contributed by atoms with Crippen LogP contribution < -0.4 is 0 Å². The van der Waals surface area contributed by atoms with E-state index in [0.29, 0.717) is 0 Å². The van der Waals surface area contributed by atoms with E-state index in [9.17, 15) is 4.79 Å². The third kappa shape index (κ3) is 4.11. The fraction of sp³-hybridized carbons (Fsp3) is 0.727. The van der Waals surface area contributed by atoms with Gasteiger partial charge in [0.15, 0.2) is 0 Å². The lowest BCUT2D eigenvalue weighted by atomic mass is 9.98. The number of rotatable bonds is 3. The molecule has 1 rings (SSSR count). The molecular formula is C11H18O2. The molecule has 0 N–H and O–H groups in total. The van der Waals surface area contributed by atoms with E-state index >= 15 is 0 Å². The maximum absolute atomic E-state index is 11.2. The molecule has 0 unspecified atom stereocenters. The minimum atomic E-state index is -0.172. The lowest BCUT2D eigenvalue weighted by Gasteiger charge is -2.20. The summed E-state index contributed by atoms with van der Waals surface area (Å²) in [5.74, 6) is -0.172. The molecule has 0 bridgehead atoms. The van der Waals surface area contributed by atoms with Gasteiger partial charge in [-0.2, -0.15) is 0 Å². The van der Waals surface area contributed by atoms with Crippen molar-refractivity contribution in [2.75, 3.05) is 0 Å². The van der Waals surface area contributed by atoms with Crippen molar-refractivity contribution >= 4 is 5.97 Å². The van der Waals surface area contributed by atoms with Crippen LogP contribution in [0.25, 0.3) is 0 Å². The van der Waals surface area contributed by atoms with Gasteiger partial charge in [0, 0.05) is 6.08 Å². The van der Waals surface area contributed by atoms with Crippen LogP contribution in [0.1, 0.15) is 45.4 Å². The van der Waals surface area contributed by atoms with E-state index in [0.717, 1.165) is 19.3 Å². The first-order chi connectivity index (χ1) is 6.33. The Kier molecular flexibility index (Phi) is 4.58. The molecule has 0 heterocycles. The van der Waals surface area contributed by atoms with Gasteiger partial charge in [0.25, 0.3) is 0 Å². The van der Waals surface area contributed by atoms with Crippen molar-refractivity contribution < 1.29 is 9.53 Å². The molecule has 0 amide bonds. The minimum Gasteiger partial charge on any atom is -0.459 e. The lowest BCUT2D eigenvalue weighted by molar-refractivity contribution is -0.144. The topological polar surface area (TPSA) is 26.3 Å². The highest BCUT2D eigenvalue weighted by molar-refractivity contribution is 5.81. The third-order valence-corrected chi connectivity index (χ3v) is 2.32. The molecule has 1 aliphatic carbocycles. The normalized spacial score (nSPS) is 19.2. The summed E-state index contributed by atoms with van der Waals surface area (Å²) in [6.45, 7) is 2.00. The van der Waals surface area contributed by atoms with Crippen LogP contribution in [0.2, 0.25) is 0 Å². The zero-order valence-corrected chi connectivity index (χ0v) is 8.29. The minimum absolute atomic E-state index is 0.172. The Morgan fingerprint density at radius 3 is 2.69 bits per heavy atom.